The Morgan fingerprint density at radius 1 is 1.26 bits per heavy atom. The summed E-state index contributed by atoms with van der Waals surface area (Å²) in [6.45, 7) is 4.37. The summed E-state index contributed by atoms with van der Waals surface area (Å²) >= 11 is 0. The maximum atomic E-state index is 11.6. The summed E-state index contributed by atoms with van der Waals surface area (Å²) in [5.74, 6) is 0.732. The van der Waals surface area contributed by atoms with Gasteiger partial charge in [0.05, 0.1) is 14.2 Å². The predicted molar refractivity (Wildman–Crippen MR) is 72.8 cm³/mol. The summed E-state index contributed by atoms with van der Waals surface area (Å²) in [6.07, 6.45) is 2.31. The molecule has 0 aromatic carbocycles. The number of nitrogens with zero attached hydrogens (tertiary/aromatic N) is 2. The fourth-order valence-electron chi connectivity index (χ4n) is 2.64. The van der Waals surface area contributed by atoms with Crippen LogP contribution in [0.3, 0.4) is 0 Å². The van der Waals surface area contributed by atoms with E-state index in [0.29, 0.717) is 23.5 Å². The van der Waals surface area contributed by atoms with Gasteiger partial charge in [-0.05, 0) is 38.8 Å². The van der Waals surface area contributed by atoms with Gasteiger partial charge in [0.25, 0.3) is 0 Å². The number of hydrogen-bond acceptors (Lipinski definition) is 5. The highest BCUT2D eigenvalue weighted by molar-refractivity contribution is 5.92. The van der Waals surface area contributed by atoms with Crippen LogP contribution in [0.1, 0.15) is 37.0 Å². The van der Waals surface area contributed by atoms with E-state index in [2.05, 4.69) is 23.7 Å². The van der Waals surface area contributed by atoms with Crippen LogP contribution in [0.4, 0.5) is 5.82 Å². The Morgan fingerprint density at radius 2 is 1.89 bits per heavy atom. The molecule has 19 heavy (non-hydrogen) atoms. The largest absolute Gasteiger partial charge is 0.480 e. The van der Waals surface area contributed by atoms with Gasteiger partial charge in [0.1, 0.15) is 11.4 Å². The number of pyridine rings is 1. The third-order valence-corrected chi connectivity index (χ3v) is 3.66. The average molecular weight is 264 g/mol. The zero-order valence-electron chi connectivity index (χ0n) is 11.8. The molecule has 0 radical (unpaired) electrons. The fraction of sp³-hybridized carbons (Fsp3) is 0.571. The van der Waals surface area contributed by atoms with Crippen molar-refractivity contribution in [3.63, 3.8) is 0 Å². The standard InChI is InChI=1S/C14H20N2O3/c1-9-5-6-10(2)16(9)12-8-7-11(14(17)19-4)13(15-12)18-3/h7-10H,5-6H2,1-4H3. The number of ether oxygens (including phenoxy) is 2. The highest BCUT2D eigenvalue weighted by Gasteiger charge is 2.29. The van der Waals surface area contributed by atoms with Crippen LogP contribution in [0.5, 0.6) is 5.88 Å². The van der Waals surface area contributed by atoms with Gasteiger partial charge in [-0.15, -0.1) is 0 Å². The lowest BCUT2D eigenvalue weighted by molar-refractivity contribution is 0.0596. The van der Waals surface area contributed by atoms with Crippen LogP contribution in [0.25, 0.3) is 0 Å². The molecule has 1 aliphatic heterocycles. The number of aromatic nitrogens is 1. The number of carbonyl (C=O) groups excluding carboxylic acids is 1. The zero-order valence-corrected chi connectivity index (χ0v) is 11.8. The Kier molecular flexibility index (Phi) is 3.93. The molecular formula is C14H20N2O3. The summed E-state index contributed by atoms with van der Waals surface area (Å²) in [7, 11) is 2.86. The van der Waals surface area contributed by atoms with Gasteiger partial charge in [-0.2, -0.15) is 4.98 Å². The summed E-state index contributed by atoms with van der Waals surface area (Å²) < 4.78 is 9.91. The number of esters is 1. The van der Waals surface area contributed by atoms with Gasteiger partial charge in [-0.3, -0.25) is 0 Å². The Hall–Kier alpha value is -1.78. The number of anilines is 1. The zero-order chi connectivity index (χ0) is 14.0. The molecule has 2 rings (SSSR count). The van der Waals surface area contributed by atoms with E-state index in [0.717, 1.165) is 18.7 Å². The van der Waals surface area contributed by atoms with Crippen LogP contribution in [-0.2, 0) is 4.74 Å². The molecule has 0 bridgehead atoms. The van der Waals surface area contributed by atoms with Gasteiger partial charge < -0.3 is 14.4 Å². The molecule has 1 aromatic heterocycles. The first-order valence-corrected chi connectivity index (χ1v) is 6.50. The minimum absolute atomic E-state index is 0.315. The smallest absolute Gasteiger partial charge is 0.343 e. The molecule has 0 N–H and O–H groups in total. The molecule has 0 spiro atoms. The van der Waals surface area contributed by atoms with Gasteiger partial charge >= 0.3 is 5.97 Å². The van der Waals surface area contributed by atoms with Crippen LogP contribution in [0.15, 0.2) is 12.1 Å². The molecule has 0 saturated carbocycles. The molecule has 1 saturated heterocycles. The van der Waals surface area contributed by atoms with Crippen LogP contribution < -0.4 is 9.64 Å². The Bertz CT molecular complexity index is 466. The molecule has 0 aliphatic carbocycles. The molecule has 2 atom stereocenters. The van der Waals surface area contributed by atoms with Crippen molar-refractivity contribution in [3.8, 4) is 5.88 Å². The minimum atomic E-state index is -0.432. The van der Waals surface area contributed by atoms with Gasteiger partial charge in [-0.1, -0.05) is 0 Å². The van der Waals surface area contributed by atoms with Crippen molar-refractivity contribution >= 4 is 11.8 Å². The molecule has 1 fully saturated rings. The minimum Gasteiger partial charge on any atom is -0.480 e. The van der Waals surface area contributed by atoms with E-state index in [1.54, 1.807) is 6.07 Å². The number of methoxy groups -OCH3 is 2. The van der Waals surface area contributed by atoms with E-state index < -0.39 is 5.97 Å². The van der Waals surface area contributed by atoms with Crippen molar-refractivity contribution in [2.75, 3.05) is 19.1 Å². The van der Waals surface area contributed by atoms with Gasteiger partial charge in [-0.25, -0.2) is 4.79 Å². The average Bonchev–Trinajstić information content (AvgIpc) is 2.76. The lowest BCUT2D eigenvalue weighted by atomic mass is 10.2. The summed E-state index contributed by atoms with van der Waals surface area (Å²) in [5, 5.41) is 0. The molecule has 104 valence electrons. The second-order valence-electron chi connectivity index (χ2n) is 4.90. The van der Waals surface area contributed by atoms with E-state index in [9.17, 15) is 4.79 Å². The van der Waals surface area contributed by atoms with E-state index in [4.69, 9.17) is 9.47 Å². The first-order chi connectivity index (χ1) is 9.08. The number of hydrogen-bond donors (Lipinski definition) is 0. The molecule has 0 amide bonds. The Labute approximate surface area is 113 Å². The van der Waals surface area contributed by atoms with E-state index >= 15 is 0 Å². The molecule has 1 aliphatic rings. The SMILES string of the molecule is COC(=O)c1ccc(N2C(C)CCC2C)nc1OC. The number of rotatable bonds is 3. The first-order valence-electron chi connectivity index (χ1n) is 6.50. The third-order valence-electron chi connectivity index (χ3n) is 3.66. The lowest BCUT2D eigenvalue weighted by Crippen LogP contribution is -2.33. The highest BCUT2D eigenvalue weighted by atomic mass is 16.5. The molecule has 2 heterocycles. The maximum Gasteiger partial charge on any atom is 0.343 e. The normalized spacial score (nSPS) is 22.4. The summed E-state index contributed by atoms with van der Waals surface area (Å²) in [6, 6.07) is 4.48. The summed E-state index contributed by atoms with van der Waals surface area (Å²) in [4.78, 5) is 18.3. The van der Waals surface area contributed by atoms with Crippen molar-refractivity contribution in [2.24, 2.45) is 0 Å². The second-order valence-corrected chi connectivity index (χ2v) is 4.90. The van der Waals surface area contributed by atoms with Crippen molar-refractivity contribution in [1.29, 1.82) is 0 Å². The second kappa shape index (κ2) is 5.47. The van der Waals surface area contributed by atoms with Gasteiger partial charge in [0.15, 0.2) is 0 Å². The van der Waals surface area contributed by atoms with Crippen molar-refractivity contribution in [3.05, 3.63) is 17.7 Å². The van der Waals surface area contributed by atoms with E-state index in [-0.39, 0.29) is 0 Å². The van der Waals surface area contributed by atoms with Gasteiger partial charge in [0.2, 0.25) is 5.88 Å². The van der Waals surface area contributed by atoms with Crippen LogP contribution >= 0.6 is 0 Å². The first kappa shape index (κ1) is 13.6. The van der Waals surface area contributed by atoms with Crippen molar-refractivity contribution < 1.29 is 14.3 Å². The highest BCUT2D eigenvalue weighted by Crippen LogP contribution is 2.31. The molecule has 2 unspecified atom stereocenters. The van der Waals surface area contributed by atoms with Crippen LogP contribution in [0, 0.1) is 0 Å². The van der Waals surface area contributed by atoms with Crippen molar-refractivity contribution in [1.82, 2.24) is 4.98 Å². The predicted octanol–water partition coefficient (Wildman–Crippen LogP) is 2.25. The topological polar surface area (TPSA) is 51.7 Å². The molecule has 5 heteroatoms. The van der Waals surface area contributed by atoms with Crippen LogP contribution in [-0.4, -0.2) is 37.3 Å². The molecular weight excluding hydrogens is 244 g/mol. The Balaban J connectivity index is 2.36. The third kappa shape index (κ3) is 2.50. The van der Waals surface area contributed by atoms with E-state index in [1.165, 1.54) is 14.2 Å². The van der Waals surface area contributed by atoms with E-state index in [1.807, 2.05) is 6.07 Å². The maximum absolute atomic E-state index is 11.6. The monoisotopic (exact) mass is 264 g/mol. The van der Waals surface area contributed by atoms with Crippen LogP contribution in [0.2, 0.25) is 0 Å². The fourth-order valence-corrected chi connectivity index (χ4v) is 2.64. The molecule has 5 nitrogen and oxygen atoms in total. The Morgan fingerprint density at radius 3 is 2.42 bits per heavy atom. The number of carbonyl (C=O) groups is 1. The van der Waals surface area contributed by atoms with Crippen molar-refractivity contribution in [2.45, 2.75) is 38.8 Å². The quantitative estimate of drug-likeness (QED) is 0.784. The molecule has 1 aromatic rings. The van der Waals surface area contributed by atoms with Gasteiger partial charge in [0, 0.05) is 12.1 Å². The summed E-state index contributed by atoms with van der Waals surface area (Å²) in [5.41, 5.74) is 0.355. The lowest BCUT2D eigenvalue weighted by Gasteiger charge is -2.27.